The Morgan fingerprint density at radius 2 is 2.17 bits per heavy atom. The molecule has 30 heavy (non-hydrogen) atoms. The summed E-state index contributed by atoms with van der Waals surface area (Å²) in [5.74, 6) is -0.458. The van der Waals surface area contributed by atoms with Crippen LogP contribution in [0.15, 0.2) is 33.9 Å². The molecule has 3 aromatic rings. The minimum absolute atomic E-state index is 0.0674. The van der Waals surface area contributed by atoms with Gasteiger partial charge in [-0.2, -0.15) is 5.26 Å². The van der Waals surface area contributed by atoms with E-state index in [2.05, 4.69) is 10.8 Å². The lowest BCUT2D eigenvalue weighted by atomic mass is 10.1. The van der Waals surface area contributed by atoms with Crippen molar-refractivity contribution in [1.29, 1.82) is 5.26 Å². The van der Waals surface area contributed by atoms with Gasteiger partial charge in [-0.25, -0.2) is 13.1 Å². The molecule has 1 atom stereocenters. The standard InChI is InChI=1S/C20H18ClN3O3S3/c1-12-17-7-15(21)2-3-18(17)29-20(12)30(26,27)23-9-14-4-5-24(19(14)25)10-13-6-16(8-22)28-11-13/h2-3,6-7,11,14,23H,4-5,9-10H2,1H3/t14-/m0/s1. The van der Waals surface area contributed by atoms with Gasteiger partial charge in [0, 0.05) is 29.4 Å². The lowest BCUT2D eigenvalue weighted by Crippen LogP contribution is -2.34. The van der Waals surface area contributed by atoms with Gasteiger partial charge < -0.3 is 4.90 Å². The highest BCUT2D eigenvalue weighted by molar-refractivity contribution is 7.91. The van der Waals surface area contributed by atoms with Gasteiger partial charge in [0.25, 0.3) is 0 Å². The molecule has 0 bridgehead atoms. The normalized spacial score (nSPS) is 17.0. The van der Waals surface area contributed by atoms with E-state index in [1.807, 2.05) is 11.4 Å². The lowest BCUT2D eigenvalue weighted by molar-refractivity contribution is -0.131. The van der Waals surface area contributed by atoms with Gasteiger partial charge in [0.2, 0.25) is 15.9 Å². The number of likely N-dealkylation sites (tertiary alicyclic amines) is 1. The summed E-state index contributed by atoms with van der Waals surface area (Å²) in [6.45, 7) is 2.85. The number of fused-ring (bicyclic) bond motifs is 1. The van der Waals surface area contributed by atoms with E-state index < -0.39 is 15.9 Å². The Kier molecular flexibility index (Phi) is 5.88. The first kappa shape index (κ1) is 21.3. The van der Waals surface area contributed by atoms with Crippen molar-refractivity contribution >= 4 is 60.3 Å². The topological polar surface area (TPSA) is 90.3 Å². The highest BCUT2D eigenvalue weighted by atomic mass is 35.5. The number of carbonyl (C=O) groups is 1. The van der Waals surface area contributed by atoms with Gasteiger partial charge in [-0.15, -0.1) is 22.7 Å². The Labute approximate surface area is 187 Å². The second kappa shape index (κ2) is 8.29. The molecule has 4 rings (SSSR count). The molecule has 0 radical (unpaired) electrons. The second-order valence-electron chi connectivity index (χ2n) is 7.18. The SMILES string of the molecule is Cc1c(S(=O)(=O)NC[C@@H]2CCN(Cc3csc(C#N)c3)C2=O)sc2ccc(Cl)cc12. The van der Waals surface area contributed by atoms with Crippen molar-refractivity contribution < 1.29 is 13.2 Å². The molecule has 6 nitrogen and oxygen atoms in total. The third-order valence-corrected chi connectivity index (χ3v) is 9.60. The number of hydrogen-bond acceptors (Lipinski definition) is 6. The number of thiophene rings is 2. The zero-order valence-corrected chi connectivity index (χ0v) is 19.2. The molecule has 1 saturated heterocycles. The number of halogens is 1. The van der Waals surface area contributed by atoms with Gasteiger partial charge in [-0.05, 0) is 59.5 Å². The van der Waals surface area contributed by atoms with E-state index in [1.165, 1.54) is 22.7 Å². The highest BCUT2D eigenvalue weighted by Gasteiger charge is 2.33. The molecule has 156 valence electrons. The number of aryl methyl sites for hydroxylation is 1. The van der Waals surface area contributed by atoms with Crippen LogP contribution >= 0.6 is 34.3 Å². The number of nitriles is 1. The Bertz CT molecular complexity index is 1270. The average Bonchev–Trinajstić information content (AvgIpc) is 3.40. The van der Waals surface area contributed by atoms with Crippen LogP contribution in [-0.4, -0.2) is 32.3 Å². The second-order valence-corrected chi connectivity index (χ2v) is 11.5. The molecule has 1 aliphatic rings. The van der Waals surface area contributed by atoms with Crippen LogP contribution in [0, 0.1) is 24.2 Å². The molecule has 0 spiro atoms. The molecule has 0 saturated carbocycles. The first-order chi connectivity index (χ1) is 14.3. The molecule has 1 aromatic carbocycles. The van der Waals surface area contributed by atoms with Crippen LogP contribution in [0.1, 0.15) is 22.4 Å². The van der Waals surface area contributed by atoms with Gasteiger partial charge in [-0.3, -0.25) is 4.79 Å². The Hall–Kier alpha value is -1.96. The van der Waals surface area contributed by atoms with Crippen molar-refractivity contribution in [1.82, 2.24) is 9.62 Å². The molecule has 1 fully saturated rings. The van der Waals surface area contributed by atoms with E-state index in [9.17, 15) is 13.2 Å². The monoisotopic (exact) mass is 479 g/mol. The van der Waals surface area contributed by atoms with Crippen molar-refractivity contribution in [2.24, 2.45) is 5.92 Å². The van der Waals surface area contributed by atoms with E-state index in [4.69, 9.17) is 16.9 Å². The van der Waals surface area contributed by atoms with Crippen LogP contribution in [-0.2, 0) is 21.4 Å². The molecular weight excluding hydrogens is 462 g/mol. The smallest absolute Gasteiger partial charge is 0.250 e. The van der Waals surface area contributed by atoms with Crippen molar-refractivity contribution in [3.05, 3.63) is 50.7 Å². The van der Waals surface area contributed by atoms with E-state index >= 15 is 0 Å². The number of nitrogens with zero attached hydrogens (tertiary/aromatic N) is 2. The summed E-state index contributed by atoms with van der Waals surface area (Å²) in [5, 5.41) is 12.2. The van der Waals surface area contributed by atoms with Gasteiger partial charge in [0.05, 0.1) is 5.92 Å². The lowest BCUT2D eigenvalue weighted by Gasteiger charge is -2.16. The predicted molar refractivity (Wildman–Crippen MR) is 119 cm³/mol. The molecule has 0 aliphatic carbocycles. The number of nitrogens with one attached hydrogen (secondary N) is 1. The van der Waals surface area contributed by atoms with Crippen LogP contribution < -0.4 is 4.72 Å². The molecule has 3 heterocycles. The number of hydrogen-bond donors (Lipinski definition) is 1. The van der Waals surface area contributed by atoms with Crippen molar-refractivity contribution in [2.75, 3.05) is 13.1 Å². The number of carbonyl (C=O) groups excluding carboxylic acids is 1. The maximum absolute atomic E-state index is 12.9. The van der Waals surface area contributed by atoms with Crippen LogP contribution in [0.4, 0.5) is 0 Å². The number of amides is 1. The van der Waals surface area contributed by atoms with E-state index in [1.54, 1.807) is 30.0 Å². The first-order valence-electron chi connectivity index (χ1n) is 9.23. The van der Waals surface area contributed by atoms with Gasteiger partial charge in [-0.1, -0.05) is 11.6 Å². The molecule has 2 aromatic heterocycles. The van der Waals surface area contributed by atoms with Crippen LogP contribution in [0.3, 0.4) is 0 Å². The Balaban J connectivity index is 1.43. The highest BCUT2D eigenvalue weighted by Crippen LogP contribution is 2.35. The fraction of sp³-hybridized carbons (Fsp3) is 0.300. The average molecular weight is 480 g/mol. The largest absolute Gasteiger partial charge is 0.338 e. The Morgan fingerprint density at radius 3 is 2.90 bits per heavy atom. The van der Waals surface area contributed by atoms with E-state index in [0.717, 1.165) is 15.6 Å². The quantitative estimate of drug-likeness (QED) is 0.575. The third kappa shape index (κ3) is 4.11. The fourth-order valence-electron chi connectivity index (χ4n) is 3.59. The number of sulfonamides is 1. The summed E-state index contributed by atoms with van der Waals surface area (Å²) in [5.41, 5.74) is 1.58. The van der Waals surface area contributed by atoms with Gasteiger partial charge >= 0.3 is 0 Å². The first-order valence-corrected chi connectivity index (χ1v) is 12.8. The zero-order chi connectivity index (χ0) is 21.5. The maximum Gasteiger partial charge on any atom is 0.250 e. The van der Waals surface area contributed by atoms with Gasteiger partial charge in [0.1, 0.15) is 15.2 Å². The molecule has 1 amide bonds. The molecular formula is C20H18ClN3O3S3. The summed E-state index contributed by atoms with van der Waals surface area (Å²) in [4.78, 5) is 15.0. The Morgan fingerprint density at radius 1 is 1.37 bits per heavy atom. The summed E-state index contributed by atoms with van der Waals surface area (Å²) in [7, 11) is -3.73. The van der Waals surface area contributed by atoms with Crippen molar-refractivity contribution in [3.63, 3.8) is 0 Å². The maximum atomic E-state index is 12.9. The molecule has 10 heteroatoms. The molecule has 1 N–H and O–H groups in total. The van der Waals surface area contributed by atoms with Crippen LogP contribution in [0.25, 0.3) is 10.1 Å². The summed E-state index contributed by atoms with van der Waals surface area (Å²) in [6, 6.07) is 9.20. The number of rotatable bonds is 6. The van der Waals surface area contributed by atoms with Crippen molar-refractivity contribution in [3.8, 4) is 6.07 Å². The minimum atomic E-state index is -3.73. The van der Waals surface area contributed by atoms with Crippen LogP contribution in [0.2, 0.25) is 5.02 Å². The summed E-state index contributed by atoms with van der Waals surface area (Å²) >= 11 is 8.59. The fourth-order valence-corrected chi connectivity index (χ4v) is 7.33. The zero-order valence-electron chi connectivity index (χ0n) is 16.0. The van der Waals surface area contributed by atoms with Crippen LogP contribution in [0.5, 0.6) is 0 Å². The molecule has 0 unspecified atom stereocenters. The van der Waals surface area contributed by atoms with Gasteiger partial charge in [0.15, 0.2) is 0 Å². The third-order valence-electron chi connectivity index (χ3n) is 5.16. The number of benzene rings is 1. The summed E-state index contributed by atoms with van der Waals surface area (Å²) < 4.78 is 29.5. The van der Waals surface area contributed by atoms with E-state index in [0.29, 0.717) is 35.0 Å². The molecule has 1 aliphatic heterocycles. The van der Waals surface area contributed by atoms with Crippen molar-refractivity contribution in [2.45, 2.75) is 24.1 Å². The summed E-state index contributed by atoms with van der Waals surface area (Å²) in [6.07, 6.45) is 0.595. The van der Waals surface area contributed by atoms with E-state index in [-0.39, 0.29) is 16.7 Å². The minimum Gasteiger partial charge on any atom is -0.338 e. The predicted octanol–water partition coefficient (Wildman–Crippen LogP) is 4.12.